The Morgan fingerprint density at radius 3 is 1.62 bits per heavy atom. The third-order valence-corrected chi connectivity index (χ3v) is 1.78. The van der Waals surface area contributed by atoms with Crippen molar-refractivity contribution < 1.29 is 0 Å². The van der Waals surface area contributed by atoms with Crippen molar-refractivity contribution in [3.63, 3.8) is 0 Å². The van der Waals surface area contributed by atoms with Crippen molar-refractivity contribution in [1.82, 2.24) is 10.5 Å². The van der Waals surface area contributed by atoms with Crippen LogP contribution in [0.25, 0.3) is 0 Å². The van der Waals surface area contributed by atoms with Gasteiger partial charge in [0.05, 0.1) is 0 Å². The summed E-state index contributed by atoms with van der Waals surface area (Å²) in [5.74, 6) is 0. The van der Waals surface area contributed by atoms with Gasteiger partial charge in [0, 0.05) is 12.1 Å². The first kappa shape index (κ1) is 6.11. The molecule has 46 valence electrons. The highest BCUT2D eigenvalue weighted by atomic mass is 15.1. The maximum Gasteiger partial charge on any atom is 0.302 e. The van der Waals surface area contributed by atoms with E-state index in [2.05, 4.69) is 31.1 Å². The van der Waals surface area contributed by atoms with Crippen molar-refractivity contribution in [2.24, 2.45) is 0 Å². The molecule has 1 heterocycles. The van der Waals surface area contributed by atoms with E-state index in [4.69, 9.17) is 0 Å². The summed E-state index contributed by atoms with van der Waals surface area (Å²) in [5.41, 5.74) is 0. The van der Waals surface area contributed by atoms with Gasteiger partial charge in [-0.3, -0.25) is 0 Å². The zero-order valence-electron chi connectivity index (χ0n) is 5.73. The van der Waals surface area contributed by atoms with E-state index >= 15 is 0 Å². The third-order valence-electron chi connectivity index (χ3n) is 1.78. The molecule has 0 radical (unpaired) electrons. The Kier molecular flexibility index (Phi) is 1.58. The highest BCUT2D eigenvalue weighted by molar-refractivity contribution is 6.52. The second-order valence-electron chi connectivity index (χ2n) is 2.63. The highest BCUT2D eigenvalue weighted by Crippen LogP contribution is 1.98. The Labute approximate surface area is 51.2 Å². The molecule has 3 heteroatoms. The topological polar surface area (TPSA) is 24.1 Å². The van der Waals surface area contributed by atoms with Crippen LogP contribution >= 0.6 is 0 Å². The van der Waals surface area contributed by atoms with Gasteiger partial charge in [-0.05, 0) is 13.8 Å². The lowest BCUT2D eigenvalue weighted by molar-refractivity contribution is 0.583. The first-order valence-corrected chi connectivity index (χ1v) is 3.22. The van der Waals surface area contributed by atoms with Gasteiger partial charge < -0.3 is 10.5 Å². The van der Waals surface area contributed by atoms with Crippen molar-refractivity contribution in [3.8, 4) is 0 Å². The zero-order valence-corrected chi connectivity index (χ0v) is 5.73. The SMILES string of the molecule is CB1NC(C)C(C)N1. The number of hydrogen-bond donors (Lipinski definition) is 2. The van der Waals surface area contributed by atoms with Crippen molar-refractivity contribution in [2.75, 3.05) is 0 Å². The predicted molar refractivity (Wildman–Crippen MR) is 36.8 cm³/mol. The molecule has 0 saturated carbocycles. The average molecular weight is 112 g/mol. The molecule has 0 aromatic heterocycles. The minimum atomic E-state index is 0.500. The monoisotopic (exact) mass is 112 g/mol. The molecule has 2 atom stereocenters. The van der Waals surface area contributed by atoms with Gasteiger partial charge in [-0.2, -0.15) is 0 Å². The van der Waals surface area contributed by atoms with E-state index in [1.807, 2.05) is 0 Å². The smallest absolute Gasteiger partial charge is 0.302 e. The summed E-state index contributed by atoms with van der Waals surface area (Å²) in [7, 11) is 0. The molecular formula is C5H13BN2. The van der Waals surface area contributed by atoms with Gasteiger partial charge in [-0.25, -0.2) is 0 Å². The molecule has 8 heavy (non-hydrogen) atoms. The van der Waals surface area contributed by atoms with Crippen LogP contribution in [0.2, 0.25) is 6.82 Å². The molecule has 2 N–H and O–H groups in total. The lowest BCUT2D eigenvalue weighted by Gasteiger charge is -2.06. The van der Waals surface area contributed by atoms with Gasteiger partial charge in [0.15, 0.2) is 0 Å². The van der Waals surface area contributed by atoms with Gasteiger partial charge >= 0.3 is 6.98 Å². The summed E-state index contributed by atoms with van der Waals surface area (Å²) in [6.45, 7) is 7.03. The van der Waals surface area contributed by atoms with E-state index < -0.39 is 0 Å². The van der Waals surface area contributed by atoms with Crippen LogP contribution in [0.15, 0.2) is 0 Å². The third kappa shape index (κ3) is 1.04. The lowest BCUT2D eigenvalue weighted by atomic mass is 9.83. The fourth-order valence-corrected chi connectivity index (χ4v) is 1.13. The molecule has 1 fully saturated rings. The molecule has 1 saturated heterocycles. The molecule has 0 spiro atoms. The fraction of sp³-hybridized carbons (Fsp3) is 1.00. The number of nitrogens with one attached hydrogen (secondary N) is 2. The predicted octanol–water partition coefficient (Wildman–Crippen LogP) is 0.0742. The molecule has 1 aliphatic heterocycles. The standard InChI is InChI=1S/C5H13BN2/c1-4-5(2)8-6(3)7-4/h4-5,7-8H,1-3H3. The molecule has 0 aromatic carbocycles. The fourth-order valence-electron chi connectivity index (χ4n) is 1.13. The number of rotatable bonds is 0. The molecule has 1 rings (SSSR count). The normalized spacial score (nSPS) is 38.6. The minimum absolute atomic E-state index is 0.500. The summed E-state index contributed by atoms with van der Waals surface area (Å²) in [6, 6.07) is 1.26. The summed E-state index contributed by atoms with van der Waals surface area (Å²) >= 11 is 0. The molecule has 0 aliphatic carbocycles. The second kappa shape index (κ2) is 2.07. The van der Waals surface area contributed by atoms with E-state index in [1.165, 1.54) is 0 Å². The maximum atomic E-state index is 3.36. The van der Waals surface area contributed by atoms with E-state index in [9.17, 15) is 0 Å². The van der Waals surface area contributed by atoms with E-state index in [1.54, 1.807) is 0 Å². The maximum absolute atomic E-state index is 3.36. The van der Waals surface area contributed by atoms with Gasteiger partial charge in [-0.1, -0.05) is 6.82 Å². The van der Waals surface area contributed by atoms with E-state index in [-0.39, 0.29) is 0 Å². The Bertz CT molecular complexity index is 76.5. The lowest BCUT2D eigenvalue weighted by Crippen LogP contribution is -2.34. The van der Waals surface area contributed by atoms with Crippen LogP contribution < -0.4 is 10.5 Å². The van der Waals surface area contributed by atoms with Crippen molar-refractivity contribution in [3.05, 3.63) is 0 Å². The Morgan fingerprint density at radius 1 is 1.12 bits per heavy atom. The van der Waals surface area contributed by atoms with Gasteiger partial charge in [0.1, 0.15) is 0 Å². The van der Waals surface area contributed by atoms with Crippen molar-refractivity contribution in [2.45, 2.75) is 32.8 Å². The van der Waals surface area contributed by atoms with Crippen LogP contribution in [0.3, 0.4) is 0 Å². The van der Waals surface area contributed by atoms with Crippen LogP contribution in [0.1, 0.15) is 13.8 Å². The summed E-state index contributed by atoms with van der Waals surface area (Å²) in [6.07, 6.45) is 0. The van der Waals surface area contributed by atoms with Crippen LogP contribution in [-0.4, -0.2) is 19.1 Å². The first-order chi connectivity index (χ1) is 3.70. The average Bonchev–Trinajstić information content (AvgIpc) is 1.85. The molecule has 2 unspecified atom stereocenters. The summed E-state index contributed by atoms with van der Waals surface area (Å²) < 4.78 is 0. The van der Waals surface area contributed by atoms with Crippen LogP contribution in [0, 0.1) is 0 Å². The van der Waals surface area contributed by atoms with Gasteiger partial charge in [0.25, 0.3) is 0 Å². The van der Waals surface area contributed by atoms with Crippen LogP contribution in [0.5, 0.6) is 0 Å². The second-order valence-corrected chi connectivity index (χ2v) is 2.63. The minimum Gasteiger partial charge on any atom is -0.339 e. The van der Waals surface area contributed by atoms with Crippen LogP contribution in [-0.2, 0) is 0 Å². The highest BCUT2D eigenvalue weighted by Gasteiger charge is 2.25. The van der Waals surface area contributed by atoms with Gasteiger partial charge in [-0.15, -0.1) is 0 Å². The summed E-state index contributed by atoms with van der Waals surface area (Å²) in [4.78, 5) is 0. The zero-order chi connectivity index (χ0) is 6.15. The molecular weight excluding hydrogens is 98.9 g/mol. The summed E-state index contributed by atoms with van der Waals surface area (Å²) in [5, 5.41) is 6.71. The van der Waals surface area contributed by atoms with Crippen molar-refractivity contribution in [1.29, 1.82) is 0 Å². The first-order valence-electron chi connectivity index (χ1n) is 3.22. The molecule has 1 aliphatic rings. The van der Waals surface area contributed by atoms with Crippen LogP contribution in [0.4, 0.5) is 0 Å². The Balaban J connectivity index is 2.39. The molecule has 0 amide bonds. The van der Waals surface area contributed by atoms with E-state index in [0.29, 0.717) is 19.1 Å². The molecule has 2 nitrogen and oxygen atoms in total. The molecule has 0 aromatic rings. The van der Waals surface area contributed by atoms with Gasteiger partial charge in [0.2, 0.25) is 0 Å². The Hall–Kier alpha value is -0.0151. The Morgan fingerprint density at radius 2 is 1.50 bits per heavy atom. The molecule has 0 bridgehead atoms. The quantitative estimate of drug-likeness (QED) is 0.433. The largest absolute Gasteiger partial charge is 0.339 e. The van der Waals surface area contributed by atoms with E-state index in [0.717, 1.165) is 0 Å². The van der Waals surface area contributed by atoms with Crippen molar-refractivity contribution >= 4 is 6.98 Å². The number of hydrogen-bond acceptors (Lipinski definition) is 2.